The topological polar surface area (TPSA) is 64.0 Å². The van der Waals surface area contributed by atoms with Crippen molar-refractivity contribution in [1.82, 2.24) is 19.9 Å². The van der Waals surface area contributed by atoms with Crippen molar-refractivity contribution in [3.63, 3.8) is 0 Å². The first-order valence-electron chi connectivity index (χ1n) is 10.6. The van der Waals surface area contributed by atoms with Gasteiger partial charge in [-0.1, -0.05) is 0 Å². The number of halogens is 3. The second-order valence-corrected chi connectivity index (χ2v) is 7.96. The van der Waals surface area contributed by atoms with Gasteiger partial charge in [-0.05, 0) is 38.5 Å². The second-order valence-electron chi connectivity index (χ2n) is 7.96. The first-order valence-corrected chi connectivity index (χ1v) is 10.6. The summed E-state index contributed by atoms with van der Waals surface area (Å²) < 4.78 is 44.8. The van der Waals surface area contributed by atoms with Crippen LogP contribution in [0.5, 0.6) is 0 Å². The Morgan fingerprint density at radius 2 is 1.91 bits per heavy atom. The van der Waals surface area contributed by atoms with Crippen molar-refractivity contribution in [2.24, 2.45) is 0 Å². The van der Waals surface area contributed by atoms with E-state index in [9.17, 15) is 13.2 Å². The molecule has 0 fully saturated rings. The number of hydrogen-bond donors (Lipinski definition) is 0. The molecule has 33 heavy (non-hydrogen) atoms. The van der Waals surface area contributed by atoms with Gasteiger partial charge in [0.15, 0.2) is 0 Å². The lowest BCUT2D eigenvalue weighted by Crippen LogP contribution is -2.30. The molecule has 6 nitrogen and oxygen atoms in total. The number of nitrogens with zero attached hydrogens (tertiary/aromatic N) is 5. The normalized spacial score (nSPS) is 14.5. The Balaban J connectivity index is 1.77. The molecule has 0 saturated carbocycles. The van der Waals surface area contributed by atoms with Crippen molar-refractivity contribution in [2.45, 2.75) is 39.5 Å². The number of anilines is 1. The highest BCUT2D eigenvalue weighted by atomic mass is 19.4. The molecule has 0 aliphatic heterocycles. The van der Waals surface area contributed by atoms with Crippen LogP contribution in [0, 0.1) is 13.8 Å². The third kappa shape index (κ3) is 4.74. The molecule has 0 N–H and O–H groups in total. The summed E-state index contributed by atoms with van der Waals surface area (Å²) in [5.74, 6) is 0.600. The van der Waals surface area contributed by atoms with Crippen molar-refractivity contribution < 1.29 is 17.9 Å². The molecule has 0 saturated heterocycles. The van der Waals surface area contributed by atoms with E-state index in [0.717, 1.165) is 11.3 Å². The van der Waals surface area contributed by atoms with Crippen LogP contribution in [0.2, 0.25) is 0 Å². The first kappa shape index (κ1) is 22.9. The summed E-state index contributed by atoms with van der Waals surface area (Å²) >= 11 is 0. The quantitative estimate of drug-likeness (QED) is 0.461. The van der Waals surface area contributed by atoms with Crippen molar-refractivity contribution in [3.05, 3.63) is 64.5 Å². The lowest BCUT2D eigenvalue weighted by atomic mass is 9.93. The third-order valence-electron chi connectivity index (χ3n) is 5.59. The Labute approximate surface area is 189 Å². The van der Waals surface area contributed by atoms with Gasteiger partial charge in [0, 0.05) is 56.3 Å². The molecule has 1 aliphatic carbocycles. The predicted octanol–water partition coefficient (Wildman–Crippen LogP) is 5.13. The van der Waals surface area contributed by atoms with Gasteiger partial charge >= 0.3 is 6.18 Å². The largest absolute Gasteiger partial charge is 0.420 e. The van der Waals surface area contributed by atoms with Crippen LogP contribution < -0.4 is 4.90 Å². The van der Waals surface area contributed by atoms with Crippen LogP contribution in [0.1, 0.15) is 42.1 Å². The zero-order chi connectivity index (χ0) is 23.8. The molecule has 0 bridgehead atoms. The highest BCUT2D eigenvalue weighted by molar-refractivity contribution is 5.90. The molecular formula is C24H24F3N5O. The Morgan fingerprint density at radius 3 is 2.55 bits per heavy atom. The lowest BCUT2D eigenvalue weighted by molar-refractivity contribution is -0.0934. The smallest absolute Gasteiger partial charge is 0.375 e. The Kier molecular flexibility index (Phi) is 6.19. The minimum atomic E-state index is -4.39. The molecule has 4 rings (SSSR count). The van der Waals surface area contributed by atoms with Crippen LogP contribution in [0.15, 0.2) is 41.9 Å². The van der Waals surface area contributed by atoms with Gasteiger partial charge in [0.1, 0.15) is 17.0 Å². The number of rotatable bonds is 7. The minimum Gasteiger partial charge on any atom is -0.375 e. The number of aryl methyl sites for hydroxylation is 2. The average Bonchev–Trinajstić information content (AvgIpc) is 2.72. The van der Waals surface area contributed by atoms with E-state index in [2.05, 4.69) is 20.7 Å². The van der Waals surface area contributed by atoms with E-state index < -0.39 is 11.7 Å². The number of allylic oxidation sites excluding steroid dienone is 1. The molecule has 1 aliphatic rings. The molecule has 0 radical (unpaired) electrons. The maximum atomic E-state index is 13.0. The van der Waals surface area contributed by atoms with Crippen molar-refractivity contribution in [2.75, 3.05) is 25.1 Å². The number of pyridine rings is 2. The fourth-order valence-corrected chi connectivity index (χ4v) is 3.80. The number of alkyl halides is 3. The fraction of sp³-hybridized carbons (Fsp3) is 0.375. The molecule has 1 atom stereocenters. The summed E-state index contributed by atoms with van der Waals surface area (Å²) in [7, 11) is 1.64. The Morgan fingerprint density at radius 1 is 1.15 bits per heavy atom. The summed E-state index contributed by atoms with van der Waals surface area (Å²) in [6.45, 7) is 6.84. The van der Waals surface area contributed by atoms with Gasteiger partial charge in [0.2, 0.25) is 0 Å². The number of hydrogen-bond acceptors (Lipinski definition) is 6. The summed E-state index contributed by atoms with van der Waals surface area (Å²) in [6.07, 6.45) is -1.54. The zero-order valence-electron chi connectivity index (χ0n) is 18.9. The number of aromatic nitrogens is 4. The third-order valence-corrected chi connectivity index (χ3v) is 5.59. The molecule has 9 heteroatoms. The molecular weight excluding hydrogens is 431 g/mol. The highest BCUT2D eigenvalue weighted by Crippen LogP contribution is 2.40. The van der Waals surface area contributed by atoms with Gasteiger partial charge < -0.3 is 9.64 Å². The molecule has 0 spiro atoms. The predicted molar refractivity (Wildman–Crippen MR) is 120 cm³/mol. The van der Waals surface area contributed by atoms with E-state index in [0.29, 0.717) is 46.9 Å². The number of likely N-dealkylation sites (N-methyl/N-ethyl adjacent to an activating group) is 1. The second kappa shape index (κ2) is 8.92. The summed E-state index contributed by atoms with van der Waals surface area (Å²) in [4.78, 5) is 19.9. The minimum absolute atomic E-state index is 0.240. The summed E-state index contributed by atoms with van der Waals surface area (Å²) in [5.41, 5.74) is 6.16. The van der Waals surface area contributed by atoms with Crippen molar-refractivity contribution in [1.29, 1.82) is 0 Å². The molecule has 0 unspecified atom stereocenters. The van der Waals surface area contributed by atoms with Crippen LogP contribution in [0.3, 0.4) is 0 Å². The van der Waals surface area contributed by atoms with Crippen LogP contribution >= 0.6 is 0 Å². The van der Waals surface area contributed by atoms with Gasteiger partial charge in [0.05, 0.1) is 22.9 Å². The maximum absolute atomic E-state index is 13.0. The molecule has 0 aromatic carbocycles. The monoisotopic (exact) mass is 455 g/mol. The molecule has 3 aromatic heterocycles. The standard InChI is InChI=1S/C24H24F3N5O/c1-5-32(13-20(33-4)16-6-7-28-14(2)8-16)21-11-19-23(29-12-15(3)30-19)22(31-21)17-9-18(10-17)24(25,26)27/h6-8,11-12,20H,5,9,13H2,1-4H3/t20-/m0/s1. The van der Waals surface area contributed by atoms with Crippen molar-refractivity contribution >= 4 is 22.4 Å². The average molecular weight is 455 g/mol. The zero-order valence-corrected chi connectivity index (χ0v) is 18.9. The van der Waals surface area contributed by atoms with Crippen LogP contribution in [-0.4, -0.2) is 46.3 Å². The van der Waals surface area contributed by atoms with E-state index in [1.54, 1.807) is 19.5 Å². The van der Waals surface area contributed by atoms with Gasteiger partial charge in [0.25, 0.3) is 0 Å². The number of fused-ring (bicyclic) bond motifs is 1. The van der Waals surface area contributed by atoms with Crippen molar-refractivity contribution in [3.8, 4) is 0 Å². The summed E-state index contributed by atoms with van der Waals surface area (Å²) in [5, 5.41) is 0. The van der Waals surface area contributed by atoms with Crippen LogP contribution in [-0.2, 0) is 4.74 Å². The number of ether oxygens (including phenoxy) is 1. The first-order chi connectivity index (χ1) is 15.7. The maximum Gasteiger partial charge on any atom is 0.420 e. The van der Waals surface area contributed by atoms with Crippen LogP contribution in [0.4, 0.5) is 19.0 Å². The van der Waals surface area contributed by atoms with E-state index in [1.165, 1.54) is 0 Å². The van der Waals surface area contributed by atoms with E-state index >= 15 is 0 Å². The fourth-order valence-electron chi connectivity index (χ4n) is 3.80. The summed E-state index contributed by atoms with van der Waals surface area (Å²) in [6, 6.07) is 5.70. The van der Waals surface area contributed by atoms with Gasteiger partial charge in [-0.2, -0.15) is 13.2 Å². The van der Waals surface area contributed by atoms with Gasteiger partial charge in [-0.15, -0.1) is 5.73 Å². The van der Waals surface area contributed by atoms with Gasteiger partial charge in [-0.3, -0.25) is 9.97 Å². The molecule has 3 heterocycles. The highest BCUT2D eigenvalue weighted by Gasteiger charge is 2.38. The number of methoxy groups -OCH3 is 1. The SMILES string of the molecule is CCN(C[C@H](OC)c1ccnc(C)c1)c1cc2nc(C)cnc2c(C2=C=C(C(F)(F)F)C2)n1. The molecule has 3 aromatic rings. The van der Waals surface area contributed by atoms with E-state index in [1.807, 2.05) is 43.9 Å². The van der Waals surface area contributed by atoms with E-state index in [-0.39, 0.29) is 12.5 Å². The van der Waals surface area contributed by atoms with Crippen LogP contribution in [0.25, 0.3) is 16.6 Å². The van der Waals surface area contributed by atoms with E-state index in [4.69, 9.17) is 9.72 Å². The lowest BCUT2D eigenvalue weighted by Gasteiger charge is -2.28. The Bertz CT molecular complexity index is 1260. The molecule has 0 amide bonds. The molecule has 172 valence electrons. The Hall–Kier alpha value is -3.29. The van der Waals surface area contributed by atoms with Gasteiger partial charge in [-0.25, -0.2) is 9.97 Å².